The number of carbonyl (C=O) groups is 1. The summed E-state index contributed by atoms with van der Waals surface area (Å²) in [5, 5.41) is 6.46. The van der Waals surface area contributed by atoms with Crippen molar-refractivity contribution in [3.8, 4) is 23.0 Å². The van der Waals surface area contributed by atoms with Crippen LogP contribution in [0.5, 0.6) is 11.5 Å². The van der Waals surface area contributed by atoms with E-state index >= 15 is 0 Å². The molecule has 110 valence electrons. The molecule has 0 unspecified atom stereocenters. The molecule has 0 saturated heterocycles. The fraction of sp³-hybridized carbons (Fsp3) is 0.0667. The zero-order chi connectivity index (χ0) is 14.9. The number of nitrogens with zero attached hydrogens (tertiary/aromatic N) is 1. The lowest BCUT2D eigenvalue weighted by Crippen LogP contribution is -2.12. The highest BCUT2D eigenvalue weighted by Crippen LogP contribution is 2.34. The normalized spacial score (nSPS) is 12.4. The number of nitrogens with one attached hydrogen (secondary N) is 1. The zero-order valence-electron chi connectivity index (χ0n) is 11.2. The van der Waals surface area contributed by atoms with E-state index in [1.807, 2.05) is 0 Å². The number of rotatable bonds is 3. The van der Waals surface area contributed by atoms with Crippen molar-refractivity contribution in [2.24, 2.45) is 0 Å². The van der Waals surface area contributed by atoms with Gasteiger partial charge in [-0.25, -0.2) is 0 Å². The molecule has 2 aromatic heterocycles. The van der Waals surface area contributed by atoms with Crippen LogP contribution < -0.4 is 14.8 Å². The number of ether oxygens (including phenoxy) is 2. The molecule has 4 rings (SSSR count). The van der Waals surface area contributed by atoms with Gasteiger partial charge in [-0.2, -0.15) is 0 Å². The molecule has 1 amide bonds. The Balaban J connectivity index is 1.53. The smallest absolute Gasteiger partial charge is 0.277 e. The highest BCUT2D eigenvalue weighted by molar-refractivity contribution is 6.03. The summed E-state index contributed by atoms with van der Waals surface area (Å²) < 4.78 is 20.8. The van der Waals surface area contributed by atoms with Crippen LogP contribution in [0.4, 0.5) is 5.69 Å². The second-order valence-corrected chi connectivity index (χ2v) is 4.58. The molecule has 0 fully saturated rings. The molecule has 3 aromatic rings. The molecule has 7 heteroatoms. The van der Waals surface area contributed by atoms with Crippen LogP contribution >= 0.6 is 0 Å². The van der Waals surface area contributed by atoms with Crippen molar-refractivity contribution in [1.29, 1.82) is 0 Å². The van der Waals surface area contributed by atoms with Gasteiger partial charge in [0.2, 0.25) is 12.6 Å². The lowest BCUT2D eigenvalue weighted by Gasteiger charge is -2.03. The van der Waals surface area contributed by atoms with E-state index in [1.165, 1.54) is 12.3 Å². The van der Waals surface area contributed by atoms with Gasteiger partial charge in [0.15, 0.2) is 23.0 Å². The number of hydrogen-bond donors (Lipinski definition) is 1. The van der Waals surface area contributed by atoms with Gasteiger partial charge in [0.25, 0.3) is 5.91 Å². The van der Waals surface area contributed by atoms with Crippen LogP contribution in [0.3, 0.4) is 0 Å². The summed E-state index contributed by atoms with van der Waals surface area (Å²) in [7, 11) is 0. The van der Waals surface area contributed by atoms with Crippen LogP contribution in [0.25, 0.3) is 11.5 Å². The van der Waals surface area contributed by atoms with Crippen molar-refractivity contribution in [3.63, 3.8) is 0 Å². The summed E-state index contributed by atoms with van der Waals surface area (Å²) >= 11 is 0. The highest BCUT2D eigenvalue weighted by atomic mass is 16.7. The van der Waals surface area contributed by atoms with Crippen LogP contribution in [-0.4, -0.2) is 17.9 Å². The predicted octanol–water partition coefficient (Wildman–Crippen LogP) is 2.92. The molecule has 0 radical (unpaired) electrons. The van der Waals surface area contributed by atoms with Gasteiger partial charge < -0.3 is 23.7 Å². The van der Waals surface area contributed by atoms with Gasteiger partial charge in [-0.1, -0.05) is 5.16 Å². The summed E-state index contributed by atoms with van der Waals surface area (Å²) in [5.74, 6) is 1.75. The van der Waals surface area contributed by atoms with Crippen LogP contribution in [0.2, 0.25) is 0 Å². The van der Waals surface area contributed by atoms with Crippen LogP contribution in [0, 0.1) is 0 Å². The van der Waals surface area contributed by atoms with Gasteiger partial charge >= 0.3 is 0 Å². The molecular weight excluding hydrogens is 288 g/mol. The molecule has 7 nitrogen and oxygen atoms in total. The third kappa shape index (κ3) is 2.18. The SMILES string of the molecule is O=C(Nc1ccc2c(c1)OCO2)c1cc(-c2ccco2)on1. The maximum atomic E-state index is 12.2. The largest absolute Gasteiger partial charge is 0.461 e. The van der Waals surface area contributed by atoms with Crippen molar-refractivity contribution in [3.05, 3.63) is 48.4 Å². The second kappa shape index (κ2) is 4.96. The highest BCUT2D eigenvalue weighted by Gasteiger charge is 2.17. The van der Waals surface area contributed by atoms with Gasteiger partial charge in [0.1, 0.15) is 0 Å². The number of hydrogen-bond acceptors (Lipinski definition) is 6. The van der Waals surface area contributed by atoms with E-state index in [4.69, 9.17) is 18.4 Å². The molecule has 22 heavy (non-hydrogen) atoms. The van der Waals surface area contributed by atoms with Crippen molar-refractivity contribution in [1.82, 2.24) is 5.16 Å². The molecule has 1 aliphatic rings. The van der Waals surface area contributed by atoms with E-state index in [1.54, 1.807) is 30.3 Å². The fourth-order valence-electron chi connectivity index (χ4n) is 2.09. The summed E-state index contributed by atoms with van der Waals surface area (Å²) in [6.07, 6.45) is 1.52. The van der Waals surface area contributed by atoms with Crippen molar-refractivity contribution >= 4 is 11.6 Å². The molecular formula is C15H10N2O5. The number of benzene rings is 1. The topological polar surface area (TPSA) is 86.7 Å². The molecule has 0 spiro atoms. The Labute approximate surface area is 124 Å². The molecule has 0 aliphatic carbocycles. The number of carbonyl (C=O) groups excluding carboxylic acids is 1. The maximum absolute atomic E-state index is 12.2. The number of aromatic nitrogens is 1. The van der Waals surface area contributed by atoms with Gasteiger partial charge in [0, 0.05) is 17.8 Å². The third-order valence-electron chi connectivity index (χ3n) is 3.14. The summed E-state index contributed by atoms with van der Waals surface area (Å²) in [5.41, 5.74) is 0.737. The molecule has 3 heterocycles. The maximum Gasteiger partial charge on any atom is 0.277 e. The molecule has 1 aliphatic heterocycles. The Hall–Kier alpha value is -3.22. The third-order valence-corrected chi connectivity index (χ3v) is 3.14. The summed E-state index contributed by atoms with van der Waals surface area (Å²) in [6, 6.07) is 10.1. The molecule has 0 atom stereocenters. The molecule has 1 aromatic carbocycles. The average Bonchev–Trinajstić information content (AvgIpc) is 3.26. The van der Waals surface area contributed by atoms with E-state index < -0.39 is 0 Å². The Morgan fingerprint density at radius 2 is 2.00 bits per heavy atom. The Morgan fingerprint density at radius 3 is 2.86 bits per heavy atom. The second-order valence-electron chi connectivity index (χ2n) is 4.58. The molecule has 0 bridgehead atoms. The van der Waals surface area contributed by atoms with E-state index in [2.05, 4.69) is 10.5 Å². The molecule has 0 saturated carbocycles. The van der Waals surface area contributed by atoms with E-state index in [0.717, 1.165) is 0 Å². The van der Waals surface area contributed by atoms with Crippen molar-refractivity contribution < 1.29 is 23.2 Å². The van der Waals surface area contributed by atoms with E-state index in [9.17, 15) is 4.79 Å². The number of amides is 1. The van der Waals surface area contributed by atoms with Crippen molar-refractivity contribution in [2.75, 3.05) is 12.1 Å². The fourth-order valence-corrected chi connectivity index (χ4v) is 2.09. The van der Waals surface area contributed by atoms with Gasteiger partial charge in [-0.05, 0) is 24.3 Å². The Bertz CT molecular complexity index is 822. The lowest BCUT2D eigenvalue weighted by atomic mass is 10.2. The van der Waals surface area contributed by atoms with Crippen LogP contribution in [0.15, 0.2) is 51.6 Å². The van der Waals surface area contributed by atoms with Crippen molar-refractivity contribution in [2.45, 2.75) is 0 Å². The molecule has 1 N–H and O–H groups in total. The summed E-state index contributed by atoms with van der Waals surface area (Å²) in [4.78, 5) is 12.2. The Morgan fingerprint density at radius 1 is 1.09 bits per heavy atom. The minimum atomic E-state index is -0.388. The first kappa shape index (κ1) is 12.5. The Kier molecular flexibility index (Phi) is 2.82. The van der Waals surface area contributed by atoms with Gasteiger partial charge in [0.05, 0.1) is 6.26 Å². The predicted molar refractivity (Wildman–Crippen MR) is 74.7 cm³/mol. The first-order chi connectivity index (χ1) is 10.8. The summed E-state index contributed by atoms with van der Waals surface area (Å²) in [6.45, 7) is 0.183. The van der Waals surface area contributed by atoms with Crippen LogP contribution in [0.1, 0.15) is 10.5 Å². The van der Waals surface area contributed by atoms with Gasteiger partial charge in [-0.3, -0.25) is 4.79 Å². The number of anilines is 1. The minimum Gasteiger partial charge on any atom is -0.461 e. The first-order valence-electron chi connectivity index (χ1n) is 6.51. The zero-order valence-corrected chi connectivity index (χ0v) is 11.2. The average molecular weight is 298 g/mol. The number of fused-ring (bicyclic) bond motifs is 1. The van der Waals surface area contributed by atoms with Crippen LogP contribution in [-0.2, 0) is 0 Å². The minimum absolute atomic E-state index is 0.157. The quantitative estimate of drug-likeness (QED) is 0.800. The number of furan rings is 1. The lowest BCUT2D eigenvalue weighted by molar-refractivity contribution is 0.101. The van der Waals surface area contributed by atoms with E-state index in [0.29, 0.717) is 28.7 Å². The van der Waals surface area contributed by atoms with E-state index in [-0.39, 0.29) is 18.4 Å². The standard InChI is InChI=1S/C15H10N2O5/c18-15(10-7-14(22-17-10)11-2-1-5-19-11)16-9-3-4-12-13(6-9)21-8-20-12/h1-7H,8H2,(H,16,18). The van der Waals surface area contributed by atoms with Gasteiger partial charge in [-0.15, -0.1) is 0 Å². The first-order valence-corrected chi connectivity index (χ1v) is 6.51. The monoisotopic (exact) mass is 298 g/mol.